The molecule has 2 heterocycles. The quantitative estimate of drug-likeness (QED) is 0.902. The second-order valence-corrected chi connectivity index (χ2v) is 6.06. The summed E-state index contributed by atoms with van der Waals surface area (Å²) in [5.41, 5.74) is 0.603. The number of pyridine rings is 1. The molecule has 1 N–H and O–H groups in total. The van der Waals surface area contributed by atoms with E-state index in [1.807, 2.05) is 46.1 Å². The van der Waals surface area contributed by atoms with Gasteiger partial charge >= 0.3 is 6.09 Å². The first-order chi connectivity index (χ1) is 9.40. The predicted octanol–water partition coefficient (Wildman–Crippen LogP) is 3.20. The molecule has 1 atom stereocenters. The van der Waals surface area contributed by atoms with Gasteiger partial charge in [0.25, 0.3) is 0 Å². The van der Waals surface area contributed by atoms with Crippen molar-refractivity contribution in [2.45, 2.75) is 45.3 Å². The molecule has 0 spiro atoms. The van der Waals surface area contributed by atoms with Gasteiger partial charge < -0.3 is 15.0 Å². The first kappa shape index (κ1) is 14.6. The van der Waals surface area contributed by atoms with E-state index in [1.165, 1.54) is 0 Å². The molecule has 1 aromatic rings. The van der Waals surface area contributed by atoms with Gasteiger partial charge in [-0.3, -0.25) is 0 Å². The van der Waals surface area contributed by atoms with Crippen molar-refractivity contribution < 1.29 is 9.53 Å². The maximum absolute atomic E-state index is 12.2. The van der Waals surface area contributed by atoms with Crippen molar-refractivity contribution >= 4 is 11.9 Å². The number of nitrogens with one attached hydrogen (secondary N) is 1. The second-order valence-electron chi connectivity index (χ2n) is 6.06. The van der Waals surface area contributed by atoms with Crippen molar-refractivity contribution in [2.24, 2.45) is 0 Å². The van der Waals surface area contributed by atoms with E-state index in [1.54, 1.807) is 4.90 Å². The van der Waals surface area contributed by atoms with Crippen LogP contribution in [0.4, 0.5) is 10.6 Å². The fourth-order valence-electron chi connectivity index (χ4n) is 2.40. The van der Waals surface area contributed by atoms with Gasteiger partial charge in [-0.25, -0.2) is 9.78 Å². The highest BCUT2D eigenvalue weighted by Gasteiger charge is 2.33. The third-order valence-electron chi connectivity index (χ3n) is 3.31. The first-order valence-corrected chi connectivity index (χ1v) is 7.04. The molecule has 1 fully saturated rings. The van der Waals surface area contributed by atoms with Crippen LogP contribution in [0.2, 0.25) is 0 Å². The average Bonchev–Trinajstić information content (AvgIpc) is 2.86. The number of hydrogen-bond acceptors (Lipinski definition) is 4. The number of anilines is 1. The first-order valence-electron chi connectivity index (χ1n) is 7.04. The van der Waals surface area contributed by atoms with Crippen LogP contribution in [0, 0.1) is 0 Å². The molecular formula is C15H23N3O2. The molecule has 2 rings (SSSR count). The van der Waals surface area contributed by atoms with Crippen LogP contribution in [0.5, 0.6) is 0 Å². The summed E-state index contributed by atoms with van der Waals surface area (Å²) in [4.78, 5) is 18.4. The molecule has 0 radical (unpaired) electrons. The summed E-state index contributed by atoms with van der Waals surface area (Å²) in [5.74, 6) is 0.829. The Morgan fingerprint density at radius 3 is 2.75 bits per heavy atom. The van der Waals surface area contributed by atoms with Gasteiger partial charge in [-0.15, -0.1) is 0 Å². The minimum atomic E-state index is -0.460. The molecule has 0 aromatic carbocycles. The Kier molecular flexibility index (Phi) is 4.16. The topological polar surface area (TPSA) is 54.5 Å². The molecule has 1 amide bonds. The number of hydrogen-bond donors (Lipinski definition) is 1. The lowest BCUT2D eigenvalue weighted by Crippen LogP contribution is -2.36. The Labute approximate surface area is 120 Å². The number of likely N-dealkylation sites (tertiary alicyclic amines) is 1. The lowest BCUT2D eigenvalue weighted by Gasteiger charge is -2.28. The Bertz CT molecular complexity index is 465. The Morgan fingerprint density at radius 1 is 1.45 bits per heavy atom. The van der Waals surface area contributed by atoms with Crippen molar-refractivity contribution in [1.29, 1.82) is 0 Å². The second kappa shape index (κ2) is 5.69. The van der Waals surface area contributed by atoms with E-state index in [9.17, 15) is 4.79 Å². The van der Waals surface area contributed by atoms with E-state index >= 15 is 0 Å². The summed E-state index contributed by atoms with van der Waals surface area (Å²) in [6, 6.07) is 4.02. The van der Waals surface area contributed by atoms with Gasteiger partial charge in [-0.1, -0.05) is 6.07 Å². The number of nitrogens with zero attached hydrogens (tertiary/aromatic N) is 2. The maximum atomic E-state index is 12.2. The Balaban J connectivity index is 2.12. The molecule has 1 aromatic heterocycles. The van der Waals surface area contributed by atoms with Crippen LogP contribution in [0.3, 0.4) is 0 Å². The summed E-state index contributed by atoms with van der Waals surface area (Å²) in [7, 11) is 1.84. The molecule has 0 bridgehead atoms. The van der Waals surface area contributed by atoms with Crippen LogP contribution in [0.15, 0.2) is 18.3 Å². The highest BCUT2D eigenvalue weighted by Crippen LogP contribution is 2.33. The zero-order valence-corrected chi connectivity index (χ0v) is 12.6. The van der Waals surface area contributed by atoms with E-state index in [4.69, 9.17) is 4.74 Å². The van der Waals surface area contributed by atoms with Gasteiger partial charge in [0.1, 0.15) is 11.4 Å². The van der Waals surface area contributed by atoms with E-state index in [-0.39, 0.29) is 12.1 Å². The predicted molar refractivity (Wildman–Crippen MR) is 78.7 cm³/mol. The smallest absolute Gasteiger partial charge is 0.410 e. The minimum absolute atomic E-state index is 0.0725. The average molecular weight is 277 g/mol. The van der Waals surface area contributed by atoms with Crippen molar-refractivity contribution in [3.05, 3.63) is 23.9 Å². The lowest BCUT2D eigenvalue weighted by atomic mass is 10.1. The number of amides is 1. The van der Waals surface area contributed by atoms with Gasteiger partial charge in [-0.2, -0.15) is 0 Å². The fourth-order valence-corrected chi connectivity index (χ4v) is 2.40. The van der Waals surface area contributed by atoms with Crippen LogP contribution >= 0.6 is 0 Å². The standard InChI is InChI=1S/C15H23N3O2/c1-15(2,3)20-14(19)18-9-5-6-12(18)11-7-8-13(16-4)17-10-11/h7-8,10,12H,5-6,9H2,1-4H3,(H,16,17). The molecule has 5 heteroatoms. The monoisotopic (exact) mass is 277 g/mol. The van der Waals surface area contributed by atoms with Gasteiger partial charge in [0.05, 0.1) is 6.04 Å². The zero-order valence-electron chi connectivity index (χ0n) is 12.6. The van der Waals surface area contributed by atoms with E-state index < -0.39 is 5.60 Å². The normalized spacial score (nSPS) is 19.0. The molecule has 5 nitrogen and oxygen atoms in total. The molecule has 1 aliphatic heterocycles. The molecule has 1 saturated heterocycles. The van der Waals surface area contributed by atoms with Gasteiger partial charge in [-0.05, 0) is 45.2 Å². The largest absolute Gasteiger partial charge is 0.444 e. The van der Waals surface area contributed by atoms with Crippen molar-refractivity contribution in [3.63, 3.8) is 0 Å². The van der Waals surface area contributed by atoms with Crippen molar-refractivity contribution in [3.8, 4) is 0 Å². The van der Waals surface area contributed by atoms with Gasteiger partial charge in [0, 0.05) is 19.8 Å². The van der Waals surface area contributed by atoms with Gasteiger partial charge in [0.2, 0.25) is 0 Å². The SMILES string of the molecule is CNc1ccc(C2CCCN2C(=O)OC(C)(C)C)cn1. The maximum Gasteiger partial charge on any atom is 0.410 e. The summed E-state index contributed by atoms with van der Waals surface area (Å²) in [5, 5.41) is 2.99. The molecule has 110 valence electrons. The third-order valence-corrected chi connectivity index (χ3v) is 3.31. The van der Waals surface area contributed by atoms with E-state index in [2.05, 4.69) is 10.3 Å². The summed E-state index contributed by atoms with van der Waals surface area (Å²) >= 11 is 0. The molecule has 1 aliphatic rings. The summed E-state index contributed by atoms with van der Waals surface area (Å²) in [6.45, 7) is 6.41. The number of rotatable bonds is 2. The van der Waals surface area contributed by atoms with Crippen LogP contribution < -0.4 is 5.32 Å². The molecule has 0 aliphatic carbocycles. The van der Waals surface area contributed by atoms with Crippen LogP contribution in [0.25, 0.3) is 0 Å². The Morgan fingerprint density at radius 2 is 2.20 bits per heavy atom. The minimum Gasteiger partial charge on any atom is -0.444 e. The third kappa shape index (κ3) is 3.40. The lowest BCUT2D eigenvalue weighted by molar-refractivity contribution is 0.0224. The van der Waals surface area contributed by atoms with E-state index in [0.717, 1.165) is 30.8 Å². The highest BCUT2D eigenvalue weighted by atomic mass is 16.6. The highest BCUT2D eigenvalue weighted by molar-refractivity contribution is 5.69. The number of ether oxygens (including phenoxy) is 1. The Hall–Kier alpha value is -1.78. The fraction of sp³-hybridized carbons (Fsp3) is 0.600. The number of carbonyl (C=O) groups excluding carboxylic acids is 1. The number of carbonyl (C=O) groups is 1. The van der Waals surface area contributed by atoms with Crippen LogP contribution in [0.1, 0.15) is 45.2 Å². The summed E-state index contributed by atoms with van der Waals surface area (Å²) in [6.07, 6.45) is 3.55. The molecular weight excluding hydrogens is 254 g/mol. The zero-order chi connectivity index (χ0) is 14.8. The van der Waals surface area contributed by atoms with Crippen molar-refractivity contribution in [1.82, 2.24) is 9.88 Å². The molecule has 0 saturated carbocycles. The molecule has 20 heavy (non-hydrogen) atoms. The van der Waals surface area contributed by atoms with Crippen LogP contribution in [-0.2, 0) is 4.74 Å². The van der Waals surface area contributed by atoms with Crippen LogP contribution in [-0.4, -0.2) is 35.2 Å². The molecule has 1 unspecified atom stereocenters. The van der Waals surface area contributed by atoms with E-state index in [0.29, 0.717) is 0 Å². The van der Waals surface area contributed by atoms with Crippen molar-refractivity contribution in [2.75, 3.05) is 18.9 Å². The van der Waals surface area contributed by atoms with Gasteiger partial charge in [0.15, 0.2) is 0 Å². The number of aromatic nitrogens is 1. The summed E-state index contributed by atoms with van der Waals surface area (Å²) < 4.78 is 5.47.